The molecule has 0 atom stereocenters. The van der Waals surface area contributed by atoms with Crippen LogP contribution in [0.25, 0.3) is 0 Å². The van der Waals surface area contributed by atoms with E-state index in [0.717, 1.165) is 17.0 Å². The molecule has 0 aromatic heterocycles. The van der Waals surface area contributed by atoms with Crippen LogP contribution in [0.5, 0.6) is 0 Å². The topological polar surface area (TPSA) is 83.6 Å². The van der Waals surface area contributed by atoms with Crippen LogP contribution in [0.3, 0.4) is 0 Å². The number of aliphatic hydroxyl groups excluding tert-OH is 1. The summed E-state index contributed by atoms with van der Waals surface area (Å²) in [5, 5.41) is 8.63. The third-order valence-electron chi connectivity index (χ3n) is 2.25. The zero-order valence-electron chi connectivity index (χ0n) is 10.3. The molecule has 19 heavy (non-hydrogen) atoms. The molecule has 5 nitrogen and oxygen atoms in total. The van der Waals surface area contributed by atoms with Gasteiger partial charge in [0.2, 0.25) is 5.91 Å². The van der Waals surface area contributed by atoms with Crippen molar-refractivity contribution in [2.45, 2.75) is 0 Å². The van der Waals surface area contributed by atoms with E-state index in [1.807, 2.05) is 0 Å². The summed E-state index contributed by atoms with van der Waals surface area (Å²) < 4.78 is 13.1. The standard InChI is InChI=1S/C13H13FN2O3/c1-16(8-12(15)18)13(19)11-5-4-10(14)7-9(11)3-2-6-17/h4-5,7,17H,6,8H2,1H3,(H2,15,18). The minimum Gasteiger partial charge on any atom is -0.384 e. The van der Waals surface area contributed by atoms with Gasteiger partial charge in [0.05, 0.1) is 12.1 Å². The number of likely N-dealkylation sites (N-methyl/N-ethyl adjacent to an activating group) is 1. The summed E-state index contributed by atoms with van der Waals surface area (Å²) in [6.45, 7) is -0.648. The van der Waals surface area contributed by atoms with Crippen molar-refractivity contribution in [2.75, 3.05) is 20.2 Å². The average molecular weight is 264 g/mol. The average Bonchev–Trinajstić information content (AvgIpc) is 2.34. The third-order valence-corrected chi connectivity index (χ3v) is 2.25. The summed E-state index contributed by atoms with van der Waals surface area (Å²) in [5.74, 6) is 3.14. The number of amides is 2. The van der Waals surface area contributed by atoms with Crippen LogP contribution in [0.2, 0.25) is 0 Å². The zero-order valence-corrected chi connectivity index (χ0v) is 10.3. The first-order valence-corrected chi connectivity index (χ1v) is 5.38. The monoisotopic (exact) mass is 264 g/mol. The van der Waals surface area contributed by atoms with Crippen LogP contribution in [0.1, 0.15) is 15.9 Å². The number of halogens is 1. The Labute approximate surface area is 109 Å². The lowest BCUT2D eigenvalue weighted by Gasteiger charge is -2.16. The van der Waals surface area contributed by atoms with Gasteiger partial charge in [-0.2, -0.15) is 0 Å². The predicted molar refractivity (Wildman–Crippen MR) is 66.5 cm³/mol. The molecule has 0 aliphatic heterocycles. The summed E-state index contributed by atoms with van der Waals surface area (Å²) in [5.41, 5.74) is 5.29. The van der Waals surface area contributed by atoms with Crippen molar-refractivity contribution < 1.29 is 19.1 Å². The van der Waals surface area contributed by atoms with Gasteiger partial charge in [0.25, 0.3) is 5.91 Å². The fraction of sp³-hybridized carbons (Fsp3) is 0.231. The third kappa shape index (κ3) is 4.08. The lowest BCUT2D eigenvalue weighted by Crippen LogP contribution is -2.35. The van der Waals surface area contributed by atoms with E-state index in [1.54, 1.807) is 0 Å². The molecule has 100 valence electrons. The molecular weight excluding hydrogens is 251 g/mol. The number of carbonyl (C=O) groups excluding carboxylic acids is 2. The number of primary amides is 1. The number of nitrogens with zero attached hydrogens (tertiary/aromatic N) is 1. The Kier molecular flexibility index (Phi) is 5.03. The van der Waals surface area contributed by atoms with E-state index in [4.69, 9.17) is 10.8 Å². The molecule has 6 heteroatoms. The van der Waals surface area contributed by atoms with Crippen molar-refractivity contribution in [3.63, 3.8) is 0 Å². The van der Waals surface area contributed by atoms with Gasteiger partial charge in [0.1, 0.15) is 12.4 Å². The molecule has 0 saturated heterocycles. The second-order valence-electron chi connectivity index (χ2n) is 3.78. The summed E-state index contributed by atoms with van der Waals surface area (Å²) in [7, 11) is 1.40. The molecule has 2 amide bonds. The molecule has 0 aliphatic rings. The summed E-state index contributed by atoms with van der Waals surface area (Å²) in [6.07, 6.45) is 0. The van der Waals surface area contributed by atoms with Crippen LogP contribution >= 0.6 is 0 Å². The predicted octanol–water partition coefficient (Wildman–Crippen LogP) is -0.273. The van der Waals surface area contributed by atoms with Crippen molar-refractivity contribution in [3.05, 3.63) is 35.1 Å². The minimum atomic E-state index is -0.652. The first-order chi connectivity index (χ1) is 8.95. The van der Waals surface area contributed by atoms with Crippen LogP contribution in [0.4, 0.5) is 4.39 Å². The van der Waals surface area contributed by atoms with Gasteiger partial charge in [-0.15, -0.1) is 0 Å². The second-order valence-corrected chi connectivity index (χ2v) is 3.78. The van der Waals surface area contributed by atoms with Gasteiger partial charge in [0, 0.05) is 12.6 Å². The number of aliphatic hydroxyl groups is 1. The number of carbonyl (C=O) groups is 2. The van der Waals surface area contributed by atoms with Crippen molar-refractivity contribution in [3.8, 4) is 11.8 Å². The molecule has 3 N–H and O–H groups in total. The smallest absolute Gasteiger partial charge is 0.255 e. The van der Waals surface area contributed by atoms with Gasteiger partial charge in [0.15, 0.2) is 0 Å². The molecule has 0 fully saturated rings. The van der Waals surface area contributed by atoms with E-state index in [9.17, 15) is 14.0 Å². The van der Waals surface area contributed by atoms with Crippen LogP contribution in [-0.4, -0.2) is 42.0 Å². The van der Waals surface area contributed by atoms with Crippen molar-refractivity contribution >= 4 is 11.8 Å². The largest absolute Gasteiger partial charge is 0.384 e. The van der Waals surface area contributed by atoms with E-state index in [-0.39, 0.29) is 17.7 Å². The molecule has 0 heterocycles. The Bertz CT molecular complexity index is 561. The number of hydrogen-bond donors (Lipinski definition) is 2. The van der Waals surface area contributed by atoms with Gasteiger partial charge >= 0.3 is 0 Å². The molecule has 1 rings (SSSR count). The molecule has 0 saturated carbocycles. The number of nitrogens with two attached hydrogens (primary N) is 1. The first kappa shape index (κ1) is 14.7. The van der Waals surface area contributed by atoms with Crippen LogP contribution in [0, 0.1) is 17.7 Å². The lowest BCUT2D eigenvalue weighted by molar-refractivity contribution is -0.118. The molecule has 0 radical (unpaired) electrons. The second kappa shape index (κ2) is 6.52. The van der Waals surface area contributed by atoms with E-state index in [1.165, 1.54) is 13.1 Å². The van der Waals surface area contributed by atoms with E-state index < -0.39 is 24.2 Å². The van der Waals surface area contributed by atoms with E-state index >= 15 is 0 Å². The maximum absolute atomic E-state index is 13.1. The Balaban J connectivity index is 3.11. The van der Waals surface area contributed by atoms with Crippen molar-refractivity contribution in [1.29, 1.82) is 0 Å². The van der Waals surface area contributed by atoms with Crippen molar-refractivity contribution in [2.24, 2.45) is 5.73 Å². The number of rotatable bonds is 3. The summed E-state index contributed by atoms with van der Waals surface area (Å²) in [4.78, 5) is 23.9. The van der Waals surface area contributed by atoms with Gasteiger partial charge in [-0.1, -0.05) is 11.8 Å². The Hall–Kier alpha value is -2.39. The first-order valence-electron chi connectivity index (χ1n) is 5.38. The Morgan fingerprint density at radius 3 is 2.74 bits per heavy atom. The molecule has 0 spiro atoms. The molecule has 1 aromatic rings. The summed E-state index contributed by atoms with van der Waals surface area (Å²) in [6, 6.07) is 3.49. The highest BCUT2D eigenvalue weighted by atomic mass is 19.1. The van der Waals surface area contributed by atoms with Crippen LogP contribution < -0.4 is 5.73 Å². The normalized spacial score (nSPS) is 9.42. The highest BCUT2D eigenvalue weighted by Crippen LogP contribution is 2.12. The van der Waals surface area contributed by atoms with Gasteiger partial charge in [-0.3, -0.25) is 9.59 Å². The highest BCUT2D eigenvalue weighted by molar-refractivity contribution is 5.98. The van der Waals surface area contributed by atoms with Gasteiger partial charge in [-0.05, 0) is 18.2 Å². The maximum Gasteiger partial charge on any atom is 0.255 e. The van der Waals surface area contributed by atoms with E-state index in [2.05, 4.69) is 11.8 Å². The van der Waals surface area contributed by atoms with Gasteiger partial charge in [-0.25, -0.2) is 4.39 Å². The Morgan fingerprint density at radius 2 is 2.16 bits per heavy atom. The van der Waals surface area contributed by atoms with Crippen LogP contribution in [-0.2, 0) is 4.79 Å². The molecular formula is C13H13FN2O3. The van der Waals surface area contributed by atoms with Crippen molar-refractivity contribution in [1.82, 2.24) is 4.90 Å². The van der Waals surface area contributed by atoms with Gasteiger partial charge < -0.3 is 15.7 Å². The SMILES string of the molecule is CN(CC(N)=O)C(=O)c1ccc(F)cc1C#CCO. The fourth-order valence-corrected chi connectivity index (χ4v) is 1.45. The number of benzene rings is 1. The maximum atomic E-state index is 13.1. The lowest BCUT2D eigenvalue weighted by atomic mass is 10.1. The molecule has 0 bridgehead atoms. The summed E-state index contributed by atoms with van der Waals surface area (Å²) >= 11 is 0. The highest BCUT2D eigenvalue weighted by Gasteiger charge is 2.16. The zero-order chi connectivity index (χ0) is 14.4. The Morgan fingerprint density at radius 1 is 1.47 bits per heavy atom. The molecule has 0 aliphatic carbocycles. The quantitative estimate of drug-likeness (QED) is 0.737. The fourth-order valence-electron chi connectivity index (χ4n) is 1.45. The van der Waals surface area contributed by atoms with E-state index in [0.29, 0.717) is 0 Å². The van der Waals surface area contributed by atoms with Crippen LogP contribution in [0.15, 0.2) is 18.2 Å². The molecule has 1 aromatic carbocycles. The minimum absolute atomic E-state index is 0.145. The molecule has 0 unspecified atom stereocenters. The number of hydrogen-bond acceptors (Lipinski definition) is 3.